The Morgan fingerprint density at radius 3 is 2.67 bits per heavy atom. The highest BCUT2D eigenvalue weighted by molar-refractivity contribution is 5.79. The largest absolute Gasteiger partial charge is 0.396 e. The van der Waals surface area contributed by atoms with E-state index in [2.05, 4.69) is 13.8 Å². The number of hydrogen-bond acceptors (Lipinski definition) is 3. The van der Waals surface area contributed by atoms with Crippen molar-refractivity contribution in [3.63, 3.8) is 0 Å². The first kappa shape index (κ1) is 12.5. The zero-order valence-electron chi connectivity index (χ0n) is 9.57. The summed E-state index contributed by atoms with van der Waals surface area (Å²) >= 11 is 0. The molecule has 1 saturated heterocycles. The van der Waals surface area contributed by atoms with Gasteiger partial charge in [-0.25, -0.2) is 0 Å². The molecule has 0 spiro atoms. The zero-order chi connectivity index (χ0) is 11.5. The van der Waals surface area contributed by atoms with Crippen LogP contribution in [0.1, 0.15) is 33.1 Å². The monoisotopic (exact) mass is 215 g/mol. The fourth-order valence-corrected chi connectivity index (χ4v) is 2.06. The first-order valence-electron chi connectivity index (χ1n) is 5.51. The van der Waals surface area contributed by atoms with Crippen molar-refractivity contribution in [1.29, 1.82) is 0 Å². The highest BCUT2D eigenvalue weighted by atomic mass is 16.3. The number of hydrogen-bond donors (Lipinski definition) is 2. The minimum absolute atomic E-state index is 0.0163. The van der Waals surface area contributed by atoms with Crippen molar-refractivity contribution < 1.29 is 15.0 Å². The summed E-state index contributed by atoms with van der Waals surface area (Å²) < 4.78 is 0. The van der Waals surface area contributed by atoms with Crippen molar-refractivity contribution in [3.8, 4) is 0 Å². The Morgan fingerprint density at radius 1 is 1.53 bits per heavy atom. The Bertz CT molecular complexity index is 228. The predicted molar refractivity (Wildman–Crippen MR) is 57.3 cm³/mol. The molecular weight excluding hydrogens is 194 g/mol. The number of aliphatic hydroxyl groups excluding tert-OH is 2. The molecule has 1 heterocycles. The molecule has 0 bridgehead atoms. The van der Waals surface area contributed by atoms with Crippen LogP contribution in [-0.4, -0.2) is 46.8 Å². The fourth-order valence-electron chi connectivity index (χ4n) is 2.06. The normalized spacial score (nSPS) is 22.5. The van der Waals surface area contributed by atoms with E-state index in [9.17, 15) is 9.90 Å². The van der Waals surface area contributed by atoms with Gasteiger partial charge in [0.15, 0.2) is 0 Å². The third kappa shape index (κ3) is 3.80. The number of aliphatic hydroxyl groups is 2. The van der Waals surface area contributed by atoms with Crippen LogP contribution in [0.25, 0.3) is 0 Å². The number of amides is 1. The maximum atomic E-state index is 11.5. The second kappa shape index (κ2) is 4.94. The van der Waals surface area contributed by atoms with Crippen molar-refractivity contribution in [2.24, 2.45) is 5.41 Å². The van der Waals surface area contributed by atoms with Crippen LogP contribution in [-0.2, 0) is 4.79 Å². The van der Waals surface area contributed by atoms with Gasteiger partial charge in [-0.2, -0.15) is 0 Å². The van der Waals surface area contributed by atoms with Gasteiger partial charge >= 0.3 is 0 Å². The second-order valence-electron chi connectivity index (χ2n) is 5.12. The van der Waals surface area contributed by atoms with E-state index in [0.29, 0.717) is 13.1 Å². The van der Waals surface area contributed by atoms with Gasteiger partial charge in [0.2, 0.25) is 5.91 Å². The Hall–Kier alpha value is -0.610. The molecule has 1 rings (SSSR count). The van der Waals surface area contributed by atoms with Crippen LogP contribution in [0, 0.1) is 5.41 Å². The first-order valence-corrected chi connectivity index (χ1v) is 5.51. The molecule has 1 unspecified atom stereocenters. The number of likely N-dealkylation sites (tertiary alicyclic amines) is 1. The van der Waals surface area contributed by atoms with Gasteiger partial charge in [0.1, 0.15) is 0 Å². The van der Waals surface area contributed by atoms with E-state index in [1.165, 1.54) is 0 Å². The smallest absolute Gasteiger partial charge is 0.225 e. The van der Waals surface area contributed by atoms with E-state index in [-0.39, 0.29) is 24.3 Å². The summed E-state index contributed by atoms with van der Waals surface area (Å²) in [7, 11) is 0. The second-order valence-corrected chi connectivity index (χ2v) is 5.12. The molecule has 0 aromatic heterocycles. The summed E-state index contributed by atoms with van der Waals surface area (Å²) in [6.07, 6.45) is 1.42. The van der Waals surface area contributed by atoms with Crippen molar-refractivity contribution in [2.45, 2.75) is 39.2 Å². The van der Waals surface area contributed by atoms with E-state index in [0.717, 1.165) is 12.8 Å². The molecule has 15 heavy (non-hydrogen) atoms. The minimum atomic E-state index is -0.494. The summed E-state index contributed by atoms with van der Waals surface area (Å²) in [6.45, 7) is 5.49. The van der Waals surface area contributed by atoms with Gasteiger partial charge in [0, 0.05) is 19.7 Å². The van der Waals surface area contributed by atoms with Gasteiger partial charge in [-0.1, -0.05) is 13.8 Å². The van der Waals surface area contributed by atoms with Gasteiger partial charge in [-0.05, 0) is 18.3 Å². The standard InChI is InChI=1S/C11H21NO3/c1-11(2,4-3-5-13)8-12-7-9(14)6-10(12)15/h9,13-14H,3-8H2,1-2H3. The van der Waals surface area contributed by atoms with Gasteiger partial charge in [0.05, 0.1) is 12.5 Å². The van der Waals surface area contributed by atoms with Gasteiger partial charge in [-0.3, -0.25) is 4.79 Å². The lowest BCUT2D eigenvalue weighted by molar-refractivity contribution is -0.129. The van der Waals surface area contributed by atoms with Crippen LogP contribution in [0.15, 0.2) is 0 Å². The zero-order valence-corrected chi connectivity index (χ0v) is 9.57. The van der Waals surface area contributed by atoms with Crippen molar-refractivity contribution in [3.05, 3.63) is 0 Å². The van der Waals surface area contributed by atoms with Crippen LogP contribution in [0.2, 0.25) is 0 Å². The summed E-state index contributed by atoms with van der Waals surface area (Å²) in [4.78, 5) is 13.2. The molecular formula is C11H21NO3. The lowest BCUT2D eigenvalue weighted by atomic mass is 9.87. The number of β-amino-alcohol motifs (C(OH)–C–C–N with tert-alkyl or cyclic N) is 1. The summed E-state index contributed by atoms with van der Waals surface area (Å²) in [5, 5.41) is 18.1. The molecule has 4 heteroatoms. The molecule has 4 nitrogen and oxygen atoms in total. The molecule has 0 aromatic carbocycles. The molecule has 88 valence electrons. The summed E-state index contributed by atoms with van der Waals surface area (Å²) in [5.74, 6) is 0.0413. The summed E-state index contributed by atoms with van der Waals surface area (Å²) in [5.41, 5.74) is 0.0163. The maximum absolute atomic E-state index is 11.5. The molecule has 0 saturated carbocycles. The molecule has 1 atom stereocenters. The van der Waals surface area contributed by atoms with Crippen LogP contribution in [0.4, 0.5) is 0 Å². The predicted octanol–water partition coefficient (Wildman–Crippen LogP) is 0.378. The molecule has 1 aliphatic rings. The van der Waals surface area contributed by atoms with Crippen LogP contribution >= 0.6 is 0 Å². The van der Waals surface area contributed by atoms with Crippen LogP contribution in [0.3, 0.4) is 0 Å². The molecule has 2 N–H and O–H groups in total. The van der Waals surface area contributed by atoms with Gasteiger partial charge in [-0.15, -0.1) is 0 Å². The third-order valence-corrected chi connectivity index (χ3v) is 2.82. The van der Waals surface area contributed by atoms with Gasteiger partial charge < -0.3 is 15.1 Å². The van der Waals surface area contributed by atoms with Crippen LogP contribution in [0.5, 0.6) is 0 Å². The Balaban J connectivity index is 2.42. The topological polar surface area (TPSA) is 60.8 Å². The van der Waals surface area contributed by atoms with Crippen molar-refractivity contribution in [2.75, 3.05) is 19.7 Å². The van der Waals surface area contributed by atoms with E-state index in [1.807, 2.05) is 0 Å². The third-order valence-electron chi connectivity index (χ3n) is 2.82. The van der Waals surface area contributed by atoms with E-state index in [4.69, 9.17) is 5.11 Å². The number of carbonyl (C=O) groups excluding carboxylic acids is 1. The SMILES string of the molecule is CC(C)(CCCO)CN1CC(O)CC1=O. The van der Waals surface area contributed by atoms with Crippen molar-refractivity contribution >= 4 is 5.91 Å². The molecule has 0 radical (unpaired) electrons. The Labute approximate surface area is 90.9 Å². The Morgan fingerprint density at radius 2 is 2.20 bits per heavy atom. The van der Waals surface area contributed by atoms with E-state index in [1.54, 1.807) is 4.90 Å². The molecule has 1 amide bonds. The fraction of sp³-hybridized carbons (Fsp3) is 0.909. The molecule has 1 aliphatic heterocycles. The number of rotatable bonds is 5. The van der Waals surface area contributed by atoms with Crippen molar-refractivity contribution in [1.82, 2.24) is 4.90 Å². The lowest BCUT2D eigenvalue weighted by Crippen LogP contribution is -2.36. The number of carbonyl (C=O) groups is 1. The average molecular weight is 215 g/mol. The summed E-state index contributed by atoms with van der Waals surface area (Å²) in [6, 6.07) is 0. The highest BCUT2D eigenvalue weighted by Gasteiger charge is 2.31. The Kier molecular flexibility index (Phi) is 4.11. The van der Waals surface area contributed by atoms with E-state index >= 15 is 0 Å². The van der Waals surface area contributed by atoms with Gasteiger partial charge in [0.25, 0.3) is 0 Å². The lowest BCUT2D eigenvalue weighted by Gasteiger charge is -2.30. The average Bonchev–Trinajstić information content (AvgIpc) is 2.41. The van der Waals surface area contributed by atoms with E-state index < -0.39 is 6.10 Å². The first-order chi connectivity index (χ1) is 6.94. The maximum Gasteiger partial charge on any atom is 0.225 e. The minimum Gasteiger partial charge on any atom is -0.396 e. The molecule has 0 aliphatic carbocycles. The number of nitrogens with zero attached hydrogens (tertiary/aromatic N) is 1. The highest BCUT2D eigenvalue weighted by Crippen LogP contribution is 2.25. The molecule has 1 fully saturated rings. The quantitative estimate of drug-likeness (QED) is 0.697. The molecule has 0 aromatic rings. The van der Waals surface area contributed by atoms with Crippen LogP contribution < -0.4 is 0 Å².